The molecule has 0 unspecified atom stereocenters. The number of rotatable bonds is 5. The third-order valence-corrected chi connectivity index (χ3v) is 3.31. The Kier molecular flexibility index (Phi) is 4.95. The number of carboxylic acids is 1. The van der Waals surface area contributed by atoms with Crippen molar-refractivity contribution in [3.8, 4) is 16.9 Å². The van der Waals surface area contributed by atoms with Crippen LogP contribution in [0.2, 0.25) is 0 Å². The van der Waals surface area contributed by atoms with Gasteiger partial charge in [0.1, 0.15) is 17.1 Å². The fraction of sp³-hybridized carbons (Fsp3) is 0.176. The number of benzene rings is 2. The molecule has 0 saturated heterocycles. The Balaban J connectivity index is 2.52. The molecule has 0 aliphatic heterocycles. The lowest BCUT2D eigenvalue weighted by molar-refractivity contribution is 0.0693. The number of amides is 1. The van der Waals surface area contributed by atoms with Gasteiger partial charge in [-0.15, -0.1) is 0 Å². The number of ether oxygens (including phenoxy) is 1. The van der Waals surface area contributed by atoms with E-state index in [1.807, 2.05) is 0 Å². The summed E-state index contributed by atoms with van der Waals surface area (Å²) in [5.41, 5.74) is 0.784. The monoisotopic (exact) mass is 317 g/mol. The van der Waals surface area contributed by atoms with Crippen LogP contribution in [-0.4, -0.2) is 30.6 Å². The molecule has 6 heteroatoms. The van der Waals surface area contributed by atoms with E-state index in [9.17, 15) is 19.1 Å². The summed E-state index contributed by atoms with van der Waals surface area (Å²) in [4.78, 5) is 23.0. The number of halogens is 1. The van der Waals surface area contributed by atoms with Crippen molar-refractivity contribution >= 4 is 11.9 Å². The van der Waals surface area contributed by atoms with Crippen molar-refractivity contribution in [2.45, 2.75) is 6.92 Å². The Morgan fingerprint density at radius 1 is 1.22 bits per heavy atom. The van der Waals surface area contributed by atoms with Crippen LogP contribution < -0.4 is 10.1 Å². The number of carbonyl (C=O) groups is 2. The lowest BCUT2D eigenvalue weighted by Gasteiger charge is -2.12. The van der Waals surface area contributed by atoms with E-state index in [4.69, 9.17) is 4.74 Å². The van der Waals surface area contributed by atoms with E-state index in [0.29, 0.717) is 17.7 Å². The smallest absolute Gasteiger partial charge is 0.339 e. The zero-order valence-corrected chi connectivity index (χ0v) is 12.7. The zero-order chi connectivity index (χ0) is 17.0. The Bertz CT molecular complexity index is 758. The van der Waals surface area contributed by atoms with Crippen LogP contribution in [0.15, 0.2) is 36.4 Å². The second-order valence-corrected chi connectivity index (χ2v) is 4.75. The van der Waals surface area contributed by atoms with E-state index in [-0.39, 0.29) is 16.9 Å². The van der Waals surface area contributed by atoms with E-state index in [2.05, 4.69) is 5.32 Å². The first-order valence-electron chi connectivity index (χ1n) is 6.98. The largest absolute Gasteiger partial charge is 0.495 e. The highest BCUT2D eigenvalue weighted by molar-refractivity contribution is 5.96. The molecule has 0 aliphatic carbocycles. The molecule has 0 atom stereocenters. The molecular formula is C17H16FNO4. The van der Waals surface area contributed by atoms with Gasteiger partial charge < -0.3 is 15.2 Å². The predicted molar refractivity (Wildman–Crippen MR) is 83.4 cm³/mol. The third kappa shape index (κ3) is 3.31. The van der Waals surface area contributed by atoms with Crippen molar-refractivity contribution < 1.29 is 23.8 Å². The normalized spacial score (nSPS) is 10.2. The molecule has 0 aliphatic rings. The van der Waals surface area contributed by atoms with Crippen molar-refractivity contribution in [3.63, 3.8) is 0 Å². The molecule has 0 spiro atoms. The second-order valence-electron chi connectivity index (χ2n) is 4.75. The first kappa shape index (κ1) is 16.5. The quantitative estimate of drug-likeness (QED) is 0.889. The van der Waals surface area contributed by atoms with Crippen LogP contribution in [0, 0.1) is 5.82 Å². The fourth-order valence-electron chi connectivity index (χ4n) is 2.28. The minimum absolute atomic E-state index is 0.0155. The van der Waals surface area contributed by atoms with Crippen LogP contribution >= 0.6 is 0 Å². The maximum Gasteiger partial charge on any atom is 0.339 e. The summed E-state index contributed by atoms with van der Waals surface area (Å²) in [6.07, 6.45) is 0. The Labute approximate surface area is 132 Å². The number of carboxylic acid groups (broad SMARTS) is 1. The summed E-state index contributed by atoms with van der Waals surface area (Å²) in [7, 11) is 1.35. The summed E-state index contributed by atoms with van der Waals surface area (Å²) < 4.78 is 19.4. The van der Waals surface area contributed by atoms with Crippen molar-refractivity contribution in [2.75, 3.05) is 13.7 Å². The van der Waals surface area contributed by atoms with Crippen LogP contribution in [-0.2, 0) is 0 Å². The molecule has 1 amide bonds. The maximum absolute atomic E-state index is 14.2. The van der Waals surface area contributed by atoms with Gasteiger partial charge >= 0.3 is 5.97 Å². The summed E-state index contributed by atoms with van der Waals surface area (Å²) >= 11 is 0. The van der Waals surface area contributed by atoms with Crippen LogP contribution in [0.25, 0.3) is 11.1 Å². The molecule has 0 radical (unpaired) electrons. The standard InChI is InChI=1S/C17H16FNO4/c1-3-19-16(20)12-8-7-10(9-14(12)18)11-5-4-6-13(17(21)22)15(11)23-2/h4-9H,3H2,1-2H3,(H,19,20)(H,21,22). The van der Waals surface area contributed by atoms with Gasteiger partial charge in [0.2, 0.25) is 0 Å². The second kappa shape index (κ2) is 6.91. The first-order chi connectivity index (χ1) is 11.0. The van der Waals surface area contributed by atoms with E-state index in [1.165, 1.54) is 25.3 Å². The molecule has 5 nitrogen and oxygen atoms in total. The van der Waals surface area contributed by atoms with Gasteiger partial charge in [-0.25, -0.2) is 9.18 Å². The number of nitrogens with one attached hydrogen (secondary N) is 1. The average molecular weight is 317 g/mol. The molecule has 2 aromatic rings. The van der Waals surface area contributed by atoms with Crippen LogP contribution in [0.4, 0.5) is 4.39 Å². The summed E-state index contributed by atoms with van der Waals surface area (Å²) in [5, 5.41) is 11.7. The summed E-state index contributed by atoms with van der Waals surface area (Å²) in [6.45, 7) is 2.14. The van der Waals surface area contributed by atoms with Gasteiger partial charge in [0.05, 0.1) is 12.7 Å². The molecule has 0 heterocycles. The van der Waals surface area contributed by atoms with Gasteiger partial charge in [-0.3, -0.25) is 4.79 Å². The van der Waals surface area contributed by atoms with E-state index < -0.39 is 17.7 Å². The van der Waals surface area contributed by atoms with Gasteiger partial charge in [-0.1, -0.05) is 18.2 Å². The molecule has 2 rings (SSSR count). The highest BCUT2D eigenvalue weighted by Gasteiger charge is 2.18. The van der Waals surface area contributed by atoms with Crippen molar-refractivity contribution in [2.24, 2.45) is 0 Å². The number of methoxy groups -OCH3 is 1. The molecule has 0 fully saturated rings. The summed E-state index contributed by atoms with van der Waals surface area (Å²) in [5.74, 6) is -2.17. The topological polar surface area (TPSA) is 75.6 Å². The first-order valence-corrected chi connectivity index (χ1v) is 6.98. The molecule has 0 saturated carbocycles. The minimum atomic E-state index is -1.14. The van der Waals surface area contributed by atoms with Gasteiger partial charge in [0.15, 0.2) is 0 Å². The van der Waals surface area contributed by atoms with Crippen LogP contribution in [0.3, 0.4) is 0 Å². The molecule has 0 bridgehead atoms. The third-order valence-electron chi connectivity index (χ3n) is 3.31. The van der Waals surface area contributed by atoms with Crippen molar-refractivity contribution in [1.29, 1.82) is 0 Å². The number of hydrogen-bond donors (Lipinski definition) is 2. The molecule has 2 N–H and O–H groups in total. The molecular weight excluding hydrogens is 301 g/mol. The highest BCUT2D eigenvalue weighted by atomic mass is 19.1. The Morgan fingerprint density at radius 2 is 1.96 bits per heavy atom. The number of hydrogen-bond acceptors (Lipinski definition) is 3. The fourth-order valence-corrected chi connectivity index (χ4v) is 2.28. The predicted octanol–water partition coefficient (Wildman–Crippen LogP) is 2.95. The van der Waals surface area contributed by atoms with Crippen LogP contribution in [0.5, 0.6) is 5.75 Å². The average Bonchev–Trinajstić information content (AvgIpc) is 2.53. The van der Waals surface area contributed by atoms with Crippen molar-refractivity contribution in [1.82, 2.24) is 5.32 Å². The minimum Gasteiger partial charge on any atom is -0.495 e. The van der Waals surface area contributed by atoms with E-state index >= 15 is 0 Å². The van der Waals surface area contributed by atoms with E-state index in [1.54, 1.807) is 25.1 Å². The lowest BCUT2D eigenvalue weighted by Crippen LogP contribution is -2.23. The number of para-hydroxylation sites is 1. The summed E-state index contributed by atoms with van der Waals surface area (Å²) in [6, 6.07) is 8.70. The molecule has 2 aromatic carbocycles. The van der Waals surface area contributed by atoms with E-state index in [0.717, 1.165) is 0 Å². The van der Waals surface area contributed by atoms with Gasteiger partial charge in [0, 0.05) is 12.1 Å². The lowest BCUT2D eigenvalue weighted by atomic mass is 9.99. The van der Waals surface area contributed by atoms with Crippen molar-refractivity contribution in [3.05, 3.63) is 53.3 Å². The number of carbonyl (C=O) groups excluding carboxylic acids is 1. The zero-order valence-electron chi connectivity index (χ0n) is 12.7. The van der Waals surface area contributed by atoms with Gasteiger partial charge in [-0.2, -0.15) is 0 Å². The molecule has 0 aromatic heterocycles. The SMILES string of the molecule is CCNC(=O)c1ccc(-c2cccc(C(=O)O)c2OC)cc1F. The molecule has 120 valence electrons. The molecule has 23 heavy (non-hydrogen) atoms. The Hall–Kier alpha value is -2.89. The van der Waals surface area contributed by atoms with Gasteiger partial charge in [0.25, 0.3) is 5.91 Å². The Morgan fingerprint density at radius 3 is 2.52 bits per heavy atom. The maximum atomic E-state index is 14.2. The highest BCUT2D eigenvalue weighted by Crippen LogP contribution is 2.33. The van der Waals surface area contributed by atoms with Crippen LogP contribution in [0.1, 0.15) is 27.6 Å². The number of aromatic carboxylic acids is 1. The van der Waals surface area contributed by atoms with Gasteiger partial charge in [-0.05, 0) is 30.7 Å².